The lowest BCUT2D eigenvalue weighted by atomic mass is 9.99. The summed E-state index contributed by atoms with van der Waals surface area (Å²) in [6.07, 6.45) is 7.20. The first-order valence-corrected chi connectivity index (χ1v) is 5.93. The van der Waals surface area contributed by atoms with Crippen molar-refractivity contribution in [1.29, 1.82) is 0 Å². The number of hydrogen-bond acceptors (Lipinski definition) is 3. The molecule has 0 saturated carbocycles. The highest BCUT2D eigenvalue weighted by Crippen LogP contribution is 2.19. The predicted molar refractivity (Wildman–Crippen MR) is 59.2 cm³/mol. The molecule has 0 amide bonds. The van der Waals surface area contributed by atoms with E-state index in [2.05, 4.69) is 4.90 Å². The van der Waals surface area contributed by atoms with Gasteiger partial charge in [-0.3, -0.25) is 0 Å². The van der Waals surface area contributed by atoms with E-state index < -0.39 is 0 Å². The van der Waals surface area contributed by atoms with Crippen molar-refractivity contribution in [3.63, 3.8) is 0 Å². The summed E-state index contributed by atoms with van der Waals surface area (Å²) in [6, 6.07) is 0.631. The lowest BCUT2D eigenvalue weighted by Crippen LogP contribution is -2.40. The van der Waals surface area contributed by atoms with E-state index in [4.69, 9.17) is 10.8 Å². The molecule has 1 fully saturated rings. The lowest BCUT2D eigenvalue weighted by molar-refractivity contribution is 0.117. The zero-order valence-electron chi connectivity index (χ0n) is 9.12. The van der Waals surface area contributed by atoms with Gasteiger partial charge in [-0.15, -0.1) is 0 Å². The average molecular weight is 200 g/mol. The Morgan fingerprint density at radius 2 is 2.14 bits per heavy atom. The summed E-state index contributed by atoms with van der Waals surface area (Å²) in [5, 5.41) is 8.96. The first-order valence-electron chi connectivity index (χ1n) is 5.93. The van der Waals surface area contributed by atoms with Crippen molar-refractivity contribution in [1.82, 2.24) is 4.90 Å². The zero-order valence-corrected chi connectivity index (χ0v) is 9.12. The van der Waals surface area contributed by atoms with Gasteiger partial charge in [0.1, 0.15) is 0 Å². The average Bonchev–Trinajstić information content (AvgIpc) is 2.21. The Morgan fingerprint density at radius 1 is 1.29 bits per heavy atom. The van der Waals surface area contributed by atoms with Crippen LogP contribution in [0, 0.1) is 0 Å². The molecular weight excluding hydrogens is 176 g/mol. The van der Waals surface area contributed by atoms with Gasteiger partial charge < -0.3 is 15.7 Å². The molecule has 0 bridgehead atoms. The van der Waals surface area contributed by atoms with Gasteiger partial charge >= 0.3 is 0 Å². The maximum atomic E-state index is 8.96. The van der Waals surface area contributed by atoms with Crippen LogP contribution in [0.1, 0.15) is 38.5 Å². The molecule has 0 aromatic heterocycles. The Hall–Kier alpha value is -0.120. The normalized spacial score (nSPS) is 24.0. The maximum Gasteiger partial charge on any atom is 0.0445 e. The molecule has 3 N–H and O–H groups in total. The van der Waals surface area contributed by atoms with Crippen molar-refractivity contribution >= 4 is 0 Å². The van der Waals surface area contributed by atoms with Gasteiger partial charge in [-0.05, 0) is 51.7 Å². The van der Waals surface area contributed by atoms with E-state index in [0.717, 1.165) is 19.4 Å². The third-order valence-electron chi connectivity index (χ3n) is 3.11. The minimum Gasteiger partial charge on any atom is -0.396 e. The zero-order chi connectivity index (χ0) is 10.2. The summed E-state index contributed by atoms with van der Waals surface area (Å²) in [7, 11) is 0. The van der Waals surface area contributed by atoms with Gasteiger partial charge in [0, 0.05) is 12.6 Å². The van der Waals surface area contributed by atoms with E-state index in [1.54, 1.807) is 0 Å². The third kappa shape index (κ3) is 3.95. The first kappa shape index (κ1) is 12.0. The van der Waals surface area contributed by atoms with Crippen molar-refractivity contribution in [3.05, 3.63) is 0 Å². The standard InChI is InChI=1S/C11H24N2O/c12-7-2-4-9-13-8-3-1-5-11(13)6-10-14/h11,14H,1-10,12H2. The van der Waals surface area contributed by atoms with Crippen LogP contribution >= 0.6 is 0 Å². The molecule has 0 aromatic rings. The van der Waals surface area contributed by atoms with Crippen LogP contribution < -0.4 is 5.73 Å². The highest BCUT2D eigenvalue weighted by Gasteiger charge is 2.20. The fourth-order valence-corrected chi connectivity index (χ4v) is 2.29. The second-order valence-corrected chi connectivity index (χ2v) is 4.19. The number of likely N-dealkylation sites (tertiary alicyclic amines) is 1. The van der Waals surface area contributed by atoms with Crippen LogP contribution in [0.2, 0.25) is 0 Å². The number of rotatable bonds is 6. The van der Waals surface area contributed by atoms with Gasteiger partial charge in [-0.1, -0.05) is 6.42 Å². The van der Waals surface area contributed by atoms with Crippen LogP contribution in [0.15, 0.2) is 0 Å². The molecule has 1 saturated heterocycles. The van der Waals surface area contributed by atoms with Gasteiger partial charge in [0.05, 0.1) is 0 Å². The van der Waals surface area contributed by atoms with Crippen LogP contribution in [-0.2, 0) is 0 Å². The van der Waals surface area contributed by atoms with Crippen LogP contribution in [0.4, 0.5) is 0 Å². The van der Waals surface area contributed by atoms with E-state index in [9.17, 15) is 0 Å². The Kier molecular flexibility index (Phi) is 6.15. The SMILES string of the molecule is NCCCCN1CCCCC1CCO. The highest BCUT2D eigenvalue weighted by atomic mass is 16.3. The molecule has 3 heteroatoms. The molecule has 0 radical (unpaired) electrons. The monoisotopic (exact) mass is 200 g/mol. The number of unbranched alkanes of at least 4 members (excludes halogenated alkanes) is 1. The van der Waals surface area contributed by atoms with Crippen molar-refractivity contribution in [2.45, 2.75) is 44.6 Å². The molecule has 3 nitrogen and oxygen atoms in total. The van der Waals surface area contributed by atoms with Crippen molar-refractivity contribution < 1.29 is 5.11 Å². The second kappa shape index (κ2) is 7.21. The summed E-state index contributed by atoms with van der Waals surface area (Å²) in [5.41, 5.74) is 5.48. The number of nitrogens with two attached hydrogens (primary N) is 1. The van der Waals surface area contributed by atoms with Gasteiger partial charge in [-0.2, -0.15) is 0 Å². The van der Waals surface area contributed by atoms with Gasteiger partial charge in [-0.25, -0.2) is 0 Å². The van der Waals surface area contributed by atoms with E-state index in [1.807, 2.05) is 0 Å². The number of piperidine rings is 1. The van der Waals surface area contributed by atoms with Crippen LogP contribution in [0.25, 0.3) is 0 Å². The molecule has 84 valence electrons. The molecule has 1 unspecified atom stereocenters. The Balaban J connectivity index is 2.22. The van der Waals surface area contributed by atoms with Gasteiger partial charge in [0.15, 0.2) is 0 Å². The number of aliphatic hydroxyl groups is 1. The van der Waals surface area contributed by atoms with Crippen molar-refractivity contribution in [2.75, 3.05) is 26.2 Å². The van der Waals surface area contributed by atoms with Crippen molar-refractivity contribution in [3.8, 4) is 0 Å². The molecule has 1 heterocycles. The molecular formula is C11H24N2O. The fourth-order valence-electron chi connectivity index (χ4n) is 2.29. The minimum absolute atomic E-state index is 0.331. The number of aliphatic hydroxyl groups excluding tert-OH is 1. The van der Waals surface area contributed by atoms with Gasteiger partial charge in [0.2, 0.25) is 0 Å². The van der Waals surface area contributed by atoms with Crippen LogP contribution in [-0.4, -0.2) is 42.3 Å². The summed E-state index contributed by atoms with van der Waals surface area (Å²) in [5.74, 6) is 0. The Bertz CT molecular complexity index is 139. The molecule has 1 atom stereocenters. The topological polar surface area (TPSA) is 49.5 Å². The second-order valence-electron chi connectivity index (χ2n) is 4.19. The fraction of sp³-hybridized carbons (Fsp3) is 1.00. The molecule has 1 aliphatic rings. The summed E-state index contributed by atoms with van der Waals surface area (Å²) >= 11 is 0. The Labute approximate surface area is 87.3 Å². The Morgan fingerprint density at radius 3 is 2.86 bits per heavy atom. The molecule has 0 spiro atoms. The lowest BCUT2D eigenvalue weighted by Gasteiger charge is -2.35. The summed E-state index contributed by atoms with van der Waals surface area (Å²) in [6.45, 7) is 3.52. The van der Waals surface area contributed by atoms with Crippen molar-refractivity contribution in [2.24, 2.45) is 5.73 Å². The number of hydrogen-bond donors (Lipinski definition) is 2. The van der Waals surface area contributed by atoms with Crippen LogP contribution in [0.3, 0.4) is 0 Å². The van der Waals surface area contributed by atoms with E-state index >= 15 is 0 Å². The predicted octanol–water partition coefficient (Wildman–Crippen LogP) is 0.962. The molecule has 1 rings (SSSR count). The summed E-state index contributed by atoms with van der Waals surface area (Å²) in [4.78, 5) is 2.54. The van der Waals surface area contributed by atoms with E-state index in [0.29, 0.717) is 12.6 Å². The number of nitrogens with zero attached hydrogens (tertiary/aromatic N) is 1. The van der Waals surface area contributed by atoms with E-state index in [1.165, 1.54) is 38.8 Å². The summed E-state index contributed by atoms with van der Waals surface area (Å²) < 4.78 is 0. The molecule has 0 aromatic carbocycles. The molecule has 0 aliphatic carbocycles. The molecule has 1 aliphatic heterocycles. The minimum atomic E-state index is 0.331. The van der Waals surface area contributed by atoms with E-state index in [-0.39, 0.29) is 0 Å². The highest BCUT2D eigenvalue weighted by molar-refractivity contribution is 4.76. The quantitative estimate of drug-likeness (QED) is 0.628. The smallest absolute Gasteiger partial charge is 0.0445 e. The van der Waals surface area contributed by atoms with Gasteiger partial charge in [0.25, 0.3) is 0 Å². The first-order chi connectivity index (χ1) is 6.88. The van der Waals surface area contributed by atoms with Crippen LogP contribution in [0.5, 0.6) is 0 Å². The maximum absolute atomic E-state index is 8.96. The third-order valence-corrected chi connectivity index (χ3v) is 3.11. The molecule has 14 heavy (non-hydrogen) atoms. The largest absolute Gasteiger partial charge is 0.396 e.